The van der Waals surface area contributed by atoms with Crippen LogP contribution in [0, 0.1) is 17.8 Å². The van der Waals surface area contributed by atoms with Gasteiger partial charge in [0.2, 0.25) is 5.91 Å². The van der Waals surface area contributed by atoms with Crippen molar-refractivity contribution in [1.29, 1.82) is 0 Å². The summed E-state index contributed by atoms with van der Waals surface area (Å²) in [5, 5.41) is 12.4. The smallest absolute Gasteiger partial charge is 0.329 e. The number of rotatable bonds is 4. The Morgan fingerprint density at radius 2 is 1.76 bits per heavy atom. The lowest BCUT2D eigenvalue weighted by Crippen LogP contribution is -2.57. The zero-order valence-electron chi connectivity index (χ0n) is 12.5. The third-order valence-corrected chi connectivity index (χ3v) is 6.54. The van der Waals surface area contributed by atoms with Crippen molar-refractivity contribution < 1.29 is 14.7 Å². The lowest BCUT2D eigenvalue weighted by Gasteiger charge is -2.34. The van der Waals surface area contributed by atoms with Gasteiger partial charge in [0.1, 0.15) is 5.54 Å². The van der Waals surface area contributed by atoms with Gasteiger partial charge in [-0.05, 0) is 42.6 Å². The molecule has 3 aliphatic rings. The molecule has 2 atom stereocenters. The fourth-order valence-electron chi connectivity index (χ4n) is 4.04. The maximum atomic E-state index is 12.5. The number of hydrogen-bond donors (Lipinski definition) is 2. The van der Waals surface area contributed by atoms with E-state index >= 15 is 0 Å². The molecule has 1 amide bonds. The zero-order chi connectivity index (χ0) is 14.9. The van der Waals surface area contributed by atoms with Crippen LogP contribution in [0.3, 0.4) is 0 Å². The molecule has 1 saturated heterocycles. The molecule has 2 saturated carbocycles. The molecular weight excluding hydrogens is 286 g/mol. The summed E-state index contributed by atoms with van der Waals surface area (Å²) in [6.07, 6.45) is 8.53. The van der Waals surface area contributed by atoms with Crippen molar-refractivity contribution >= 4 is 23.6 Å². The van der Waals surface area contributed by atoms with Gasteiger partial charge in [0.15, 0.2) is 0 Å². The van der Waals surface area contributed by atoms with Crippen LogP contribution >= 0.6 is 11.8 Å². The molecule has 1 heterocycles. The van der Waals surface area contributed by atoms with Gasteiger partial charge in [-0.1, -0.05) is 32.1 Å². The highest BCUT2D eigenvalue weighted by Crippen LogP contribution is 2.49. The average molecular weight is 311 g/mol. The van der Waals surface area contributed by atoms with Crippen LogP contribution in [0.5, 0.6) is 0 Å². The number of carboxylic acid groups (broad SMARTS) is 1. The fourth-order valence-corrected chi connectivity index (χ4v) is 5.23. The highest BCUT2D eigenvalue weighted by atomic mass is 32.2. The molecule has 0 radical (unpaired) electrons. The van der Waals surface area contributed by atoms with Crippen molar-refractivity contribution in [1.82, 2.24) is 5.32 Å². The van der Waals surface area contributed by atoms with Gasteiger partial charge in [-0.3, -0.25) is 4.79 Å². The molecule has 3 rings (SSSR count). The Bertz CT molecular complexity index is 414. The topological polar surface area (TPSA) is 66.4 Å². The van der Waals surface area contributed by atoms with Crippen LogP contribution in [0.25, 0.3) is 0 Å². The summed E-state index contributed by atoms with van der Waals surface area (Å²) >= 11 is 1.77. The highest BCUT2D eigenvalue weighted by Gasteiger charge is 2.50. The molecule has 0 spiro atoms. The lowest BCUT2D eigenvalue weighted by molar-refractivity contribution is -0.148. The first-order valence-corrected chi connectivity index (χ1v) is 9.41. The predicted molar refractivity (Wildman–Crippen MR) is 83.2 cm³/mol. The van der Waals surface area contributed by atoms with E-state index in [1.54, 1.807) is 11.8 Å². The van der Waals surface area contributed by atoms with Crippen LogP contribution in [-0.2, 0) is 9.59 Å². The normalized spacial score (nSPS) is 32.4. The molecule has 0 aromatic heterocycles. The molecule has 2 N–H and O–H groups in total. The highest BCUT2D eigenvalue weighted by molar-refractivity contribution is 7.99. The number of carbonyl (C=O) groups is 2. The van der Waals surface area contributed by atoms with Crippen LogP contribution in [0.1, 0.15) is 51.4 Å². The van der Waals surface area contributed by atoms with Gasteiger partial charge < -0.3 is 10.4 Å². The molecule has 5 heteroatoms. The van der Waals surface area contributed by atoms with Crippen molar-refractivity contribution in [2.45, 2.75) is 56.9 Å². The quantitative estimate of drug-likeness (QED) is 0.837. The van der Waals surface area contributed by atoms with Crippen LogP contribution in [-0.4, -0.2) is 34.0 Å². The Hall–Kier alpha value is -0.710. The minimum absolute atomic E-state index is 0.000117. The van der Waals surface area contributed by atoms with Crippen LogP contribution < -0.4 is 5.32 Å². The molecule has 0 aromatic rings. The Labute approximate surface area is 130 Å². The van der Waals surface area contributed by atoms with E-state index in [0.717, 1.165) is 17.9 Å². The number of amides is 1. The monoisotopic (exact) mass is 311 g/mol. The average Bonchev–Trinajstić information content (AvgIpc) is 3.29. The first-order chi connectivity index (χ1) is 10.1. The van der Waals surface area contributed by atoms with Crippen molar-refractivity contribution in [3.8, 4) is 0 Å². The summed E-state index contributed by atoms with van der Waals surface area (Å²) in [7, 11) is 0. The second-order valence-corrected chi connectivity index (χ2v) is 8.12. The van der Waals surface area contributed by atoms with Crippen LogP contribution in [0.2, 0.25) is 0 Å². The van der Waals surface area contributed by atoms with E-state index in [4.69, 9.17) is 0 Å². The first kappa shape index (κ1) is 15.2. The molecular formula is C16H25NO3S. The second kappa shape index (κ2) is 6.19. The van der Waals surface area contributed by atoms with Gasteiger partial charge in [0.05, 0.1) is 0 Å². The van der Waals surface area contributed by atoms with E-state index in [0.29, 0.717) is 24.7 Å². The molecule has 2 aliphatic carbocycles. The van der Waals surface area contributed by atoms with E-state index in [9.17, 15) is 14.7 Å². The van der Waals surface area contributed by atoms with Crippen molar-refractivity contribution in [3.63, 3.8) is 0 Å². The summed E-state index contributed by atoms with van der Waals surface area (Å²) in [4.78, 5) is 24.1. The summed E-state index contributed by atoms with van der Waals surface area (Å²) in [6, 6.07) is 0. The van der Waals surface area contributed by atoms with E-state index in [2.05, 4.69) is 5.32 Å². The van der Waals surface area contributed by atoms with E-state index < -0.39 is 11.5 Å². The summed E-state index contributed by atoms with van der Waals surface area (Å²) in [5.41, 5.74) is -0.998. The zero-order valence-corrected chi connectivity index (χ0v) is 13.3. The number of carboxylic acids is 1. The van der Waals surface area contributed by atoms with Gasteiger partial charge in [-0.15, -0.1) is 0 Å². The number of hydrogen-bond acceptors (Lipinski definition) is 3. The minimum atomic E-state index is -0.998. The summed E-state index contributed by atoms with van der Waals surface area (Å²) in [6.45, 7) is 0. The number of nitrogens with one attached hydrogen (secondary N) is 1. The predicted octanol–water partition coefficient (Wildman–Crippen LogP) is 2.67. The van der Waals surface area contributed by atoms with Crippen LogP contribution in [0.4, 0.5) is 0 Å². The molecule has 0 bridgehead atoms. The second-order valence-electron chi connectivity index (χ2n) is 6.89. The Morgan fingerprint density at radius 1 is 1.10 bits per heavy atom. The largest absolute Gasteiger partial charge is 0.480 e. The van der Waals surface area contributed by atoms with E-state index in [1.165, 1.54) is 32.1 Å². The molecule has 3 fully saturated rings. The molecule has 118 valence electrons. The third kappa shape index (κ3) is 3.22. The van der Waals surface area contributed by atoms with Crippen molar-refractivity contribution in [3.05, 3.63) is 0 Å². The van der Waals surface area contributed by atoms with Crippen LogP contribution in [0.15, 0.2) is 0 Å². The summed E-state index contributed by atoms with van der Waals surface area (Å²) < 4.78 is 0. The van der Waals surface area contributed by atoms with Gasteiger partial charge >= 0.3 is 5.97 Å². The van der Waals surface area contributed by atoms with Gasteiger partial charge in [0.25, 0.3) is 0 Å². The molecule has 4 nitrogen and oxygen atoms in total. The molecule has 0 aromatic carbocycles. The van der Waals surface area contributed by atoms with E-state index in [-0.39, 0.29) is 11.8 Å². The Morgan fingerprint density at radius 3 is 2.38 bits per heavy atom. The number of carbonyl (C=O) groups excluding carboxylic acids is 1. The van der Waals surface area contributed by atoms with Gasteiger partial charge in [0, 0.05) is 5.92 Å². The van der Waals surface area contributed by atoms with E-state index in [1.807, 2.05) is 0 Å². The molecule has 1 aliphatic heterocycles. The summed E-state index contributed by atoms with van der Waals surface area (Å²) in [5.74, 6) is 2.10. The van der Waals surface area contributed by atoms with Crippen molar-refractivity contribution in [2.24, 2.45) is 17.8 Å². The first-order valence-electron chi connectivity index (χ1n) is 8.25. The SMILES string of the molecule is O=C(NC1(C(=O)O)CCSCC1)C1CC1C1CCCCC1. The van der Waals surface area contributed by atoms with Gasteiger partial charge in [-0.2, -0.15) is 11.8 Å². The number of aliphatic carboxylic acids is 1. The Kier molecular flexibility index (Phi) is 4.48. The fraction of sp³-hybridized carbons (Fsp3) is 0.875. The van der Waals surface area contributed by atoms with Crippen molar-refractivity contribution in [2.75, 3.05) is 11.5 Å². The third-order valence-electron chi connectivity index (χ3n) is 5.55. The standard InChI is InChI=1S/C16H25NO3S/c18-14(13-10-12(13)11-4-2-1-3-5-11)17-16(15(19)20)6-8-21-9-7-16/h11-13H,1-10H2,(H,17,18)(H,19,20). The van der Waals surface area contributed by atoms with Gasteiger partial charge in [-0.25, -0.2) is 4.79 Å². The maximum Gasteiger partial charge on any atom is 0.329 e. The lowest BCUT2D eigenvalue weighted by atomic mass is 9.85. The molecule has 2 unspecified atom stereocenters. The molecule has 21 heavy (non-hydrogen) atoms. The Balaban J connectivity index is 1.57. The maximum absolute atomic E-state index is 12.5. The minimum Gasteiger partial charge on any atom is -0.480 e. The number of thioether (sulfide) groups is 1.